The van der Waals surface area contributed by atoms with E-state index in [9.17, 15) is 8.42 Å². The van der Waals surface area contributed by atoms with E-state index in [-0.39, 0.29) is 0 Å². The fraction of sp³-hybridized carbons (Fsp3) is 0.0714. The van der Waals surface area contributed by atoms with E-state index < -0.39 is 20.3 Å². The van der Waals surface area contributed by atoms with Gasteiger partial charge in [-0.3, -0.25) is 9.97 Å². The summed E-state index contributed by atoms with van der Waals surface area (Å²) in [5.41, 5.74) is 2.95. The number of aromatic nitrogens is 2. The number of hydrogen-bond donors (Lipinski definition) is 0. The molecule has 7 heteroatoms. The Bertz CT molecular complexity index is 1300. The Morgan fingerprint density at radius 1 is 0.571 bits per heavy atom. The summed E-state index contributed by atoms with van der Waals surface area (Å²) < 4.78 is 28.5. The zero-order valence-electron chi connectivity index (χ0n) is 18.6. The minimum atomic E-state index is -3.83. The van der Waals surface area contributed by atoms with Crippen molar-refractivity contribution >= 4 is 45.2 Å². The van der Waals surface area contributed by atoms with E-state index in [2.05, 4.69) is 9.97 Å². The quantitative estimate of drug-likeness (QED) is 0.242. The van der Waals surface area contributed by atoms with Gasteiger partial charge in [-0.1, -0.05) is 71.8 Å². The molecule has 0 bridgehead atoms. The van der Waals surface area contributed by atoms with Crippen molar-refractivity contribution in [3.05, 3.63) is 142 Å². The average molecular weight is 521 g/mol. The summed E-state index contributed by atoms with van der Waals surface area (Å²) in [6.45, 7) is 0. The first-order valence-electron chi connectivity index (χ1n) is 10.8. The van der Waals surface area contributed by atoms with Crippen LogP contribution in [0.4, 0.5) is 0 Å². The predicted octanol–water partition coefficient (Wildman–Crippen LogP) is 7.41. The molecular formula is C28H22Cl2N2O2S. The molecular weight excluding hydrogens is 499 g/mol. The molecule has 2 heterocycles. The van der Waals surface area contributed by atoms with Crippen LogP contribution in [-0.4, -0.2) is 18.4 Å². The lowest BCUT2D eigenvalue weighted by Crippen LogP contribution is -2.19. The standard InChI is InChI=1S/C28H22Cl2N2O2S/c29-25-7-3-23(4-8-25)27(11-1-21-13-17-31-18-14-21)35(33,34)28(24-5-9-26(30)10-6-24)12-2-22-15-19-32-20-16-22/h1-20,27-28H. The molecule has 2 unspecified atom stereocenters. The van der Waals surface area contributed by atoms with Crippen molar-refractivity contribution in [1.29, 1.82) is 0 Å². The van der Waals surface area contributed by atoms with Crippen LogP contribution in [0.15, 0.2) is 110 Å². The molecule has 0 saturated heterocycles. The summed E-state index contributed by atoms with van der Waals surface area (Å²) in [5, 5.41) is -0.768. The summed E-state index contributed by atoms with van der Waals surface area (Å²) in [4.78, 5) is 8.05. The Balaban J connectivity index is 1.82. The van der Waals surface area contributed by atoms with Crippen molar-refractivity contribution in [2.24, 2.45) is 0 Å². The number of nitrogens with zero attached hydrogens (tertiary/aromatic N) is 2. The molecule has 2 aromatic carbocycles. The molecule has 0 saturated carbocycles. The first-order chi connectivity index (χ1) is 16.9. The highest BCUT2D eigenvalue weighted by Crippen LogP contribution is 2.38. The maximum atomic E-state index is 14.3. The van der Waals surface area contributed by atoms with Crippen LogP contribution in [0.5, 0.6) is 0 Å². The lowest BCUT2D eigenvalue weighted by molar-refractivity contribution is 0.584. The average Bonchev–Trinajstić information content (AvgIpc) is 2.87. The van der Waals surface area contributed by atoms with E-state index >= 15 is 0 Å². The van der Waals surface area contributed by atoms with Crippen LogP contribution in [0.1, 0.15) is 32.8 Å². The lowest BCUT2D eigenvalue weighted by atomic mass is 10.1. The molecule has 0 radical (unpaired) electrons. The second-order valence-electron chi connectivity index (χ2n) is 7.81. The highest BCUT2D eigenvalue weighted by molar-refractivity contribution is 7.92. The van der Waals surface area contributed by atoms with Crippen LogP contribution in [-0.2, 0) is 9.84 Å². The fourth-order valence-corrected chi connectivity index (χ4v) is 5.87. The van der Waals surface area contributed by atoms with Gasteiger partial charge in [-0.25, -0.2) is 8.42 Å². The largest absolute Gasteiger partial charge is 0.265 e. The second kappa shape index (κ2) is 11.5. The van der Waals surface area contributed by atoms with Crippen molar-refractivity contribution < 1.29 is 8.42 Å². The van der Waals surface area contributed by atoms with Crippen molar-refractivity contribution in [3.8, 4) is 0 Å². The number of halogens is 2. The first-order valence-corrected chi connectivity index (χ1v) is 13.2. The summed E-state index contributed by atoms with van der Waals surface area (Å²) in [7, 11) is -3.83. The van der Waals surface area contributed by atoms with Gasteiger partial charge < -0.3 is 0 Å². The minimum absolute atomic E-state index is 0.537. The molecule has 35 heavy (non-hydrogen) atoms. The summed E-state index contributed by atoms with van der Waals surface area (Å²) in [6, 6.07) is 21.1. The van der Waals surface area contributed by atoms with Gasteiger partial charge in [0.1, 0.15) is 10.5 Å². The van der Waals surface area contributed by atoms with Gasteiger partial charge in [0.25, 0.3) is 0 Å². The van der Waals surface area contributed by atoms with Crippen LogP contribution in [0.2, 0.25) is 10.0 Å². The summed E-state index contributed by atoms with van der Waals surface area (Å²) in [6.07, 6.45) is 13.7. The number of benzene rings is 2. The van der Waals surface area contributed by atoms with E-state index in [1.165, 1.54) is 0 Å². The van der Waals surface area contributed by atoms with Crippen molar-refractivity contribution in [2.45, 2.75) is 10.5 Å². The number of rotatable bonds is 8. The third-order valence-electron chi connectivity index (χ3n) is 5.44. The molecule has 0 fully saturated rings. The Morgan fingerprint density at radius 3 is 1.26 bits per heavy atom. The van der Waals surface area contributed by atoms with Crippen molar-refractivity contribution in [1.82, 2.24) is 9.97 Å². The van der Waals surface area contributed by atoms with E-state index in [0.29, 0.717) is 21.2 Å². The molecule has 0 spiro atoms. The summed E-state index contributed by atoms with van der Waals surface area (Å²) >= 11 is 12.2. The minimum Gasteiger partial charge on any atom is -0.265 e. The zero-order chi connectivity index (χ0) is 24.7. The molecule has 4 nitrogen and oxygen atoms in total. The molecule has 2 atom stereocenters. The Kier molecular flexibility index (Phi) is 8.13. The Labute approximate surface area is 215 Å². The van der Waals surface area contributed by atoms with Crippen LogP contribution in [0.25, 0.3) is 12.2 Å². The van der Waals surface area contributed by atoms with Crippen molar-refractivity contribution in [3.63, 3.8) is 0 Å². The third-order valence-corrected chi connectivity index (χ3v) is 8.22. The van der Waals surface area contributed by atoms with Crippen LogP contribution in [0.3, 0.4) is 0 Å². The van der Waals surface area contributed by atoms with Gasteiger partial charge in [0.15, 0.2) is 9.84 Å². The van der Waals surface area contributed by atoms with Gasteiger partial charge in [-0.05, 0) is 70.8 Å². The normalized spacial score (nSPS) is 13.8. The topological polar surface area (TPSA) is 59.9 Å². The fourth-order valence-electron chi connectivity index (χ4n) is 3.63. The Morgan fingerprint density at radius 2 is 0.914 bits per heavy atom. The molecule has 0 amide bonds. The maximum Gasteiger partial charge on any atom is 0.171 e. The van der Waals surface area contributed by atoms with Gasteiger partial charge in [0.2, 0.25) is 0 Å². The first kappa shape index (κ1) is 24.9. The number of hydrogen-bond acceptors (Lipinski definition) is 4. The van der Waals surface area contributed by atoms with E-state index in [1.54, 1.807) is 97.6 Å². The molecule has 4 aromatic rings. The van der Waals surface area contributed by atoms with E-state index in [0.717, 1.165) is 11.1 Å². The third kappa shape index (κ3) is 6.45. The smallest absolute Gasteiger partial charge is 0.171 e. The summed E-state index contributed by atoms with van der Waals surface area (Å²) in [5.74, 6) is 0. The van der Waals surface area contributed by atoms with Gasteiger partial charge in [-0.2, -0.15) is 0 Å². The Hall–Kier alpha value is -3.25. The zero-order valence-corrected chi connectivity index (χ0v) is 20.9. The highest BCUT2D eigenvalue weighted by Gasteiger charge is 2.33. The lowest BCUT2D eigenvalue weighted by Gasteiger charge is -2.22. The molecule has 2 aromatic heterocycles. The van der Waals surface area contributed by atoms with Gasteiger partial charge in [-0.15, -0.1) is 0 Å². The van der Waals surface area contributed by atoms with Crippen molar-refractivity contribution in [2.75, 3.05) is 0 Å². The van der Waals surface area contributed by atoms with Gasteiger partial charge in [0.05, 0.1) is 0 Å². The molecule has 0 N–H and O–H groups in total. The molecule has 176 valence electrons. The molecule has 0 aliphatic heterocycles. The van der Waals surface area contributed by atoms with Gasteiger partial charge >= 0.3 is 0 Å². The van der Waals surface area contributed by atoms with Crippen LogP contribution >= 0.6 is 23.2 Å². The molecule has 4 rings (SSSR count). The maximum absolute atomic E-state index is 14.3. The highest BCUT2D eigenvalue weighted by atomic mass is 35.5. The van der Waals surface area contributed by atoms with Crippen LogP contribution in [0, 0.1) is 0 Å². The van der Waals surface area contributed by atoms with Gasteiger partial charge in [0, 0.05) is 34.8 Å². The SMILES string of the molecule is O=S(=O)(C(C=Cc1ccncc1)c1ccc(Cl)cc1)C(C=Cc1ccncc1)c1ccc(Cl)cc1. The van der Waals surface area contributed by atoms with Crippen LogP contribution < -0.4 is 0 Å². The predicted molar refractivity (Wildman–Crippen MR) is 144 cm³/mol. The monoisotopic (exact) mass is 520 g/mol. The second-order valence-corrected chi connectivity index (χ2v) is 10.9. The van der Waals surface area contributed by atoms with E-state index in [1.807, 2.05) is 24.3 Å². The number of pyridine rings is 2. The van der Waals surface area contributed by atoms with E-state index in [4.69, 9.17) is 23.2 Å². The number of sulfone groups is 1. The molecule has 0 aliphatic rings. The molecule has 0 aliphatic carbocycles.